The highest BCUT2D eigenvalue weighted by Gasteiger charge is 2.13. The molecule has 0 aliphatic rings. The van der Waals surface area contributed by atoms with Gasteiger partial charge in [-0.05, 0) is 18.9 Å². The van der Waals surface area contributed by atoms with E-state index in [1.807, 2.05) is 17.8 Å². The smallest absolute Gasteiger partial charge is 0.149 e. The van der Waals surface area contributed by atoms with Crippen molar-refractivity contribution >= 4 is 0 Å². The van der Waals surface area contributed by atoms with Gasteiger partial charge in [-0.15, -0.1) is 0 Å². The molecule has 5 nitrogen and oxygen atoms in total. The van der Waals surface area contributed by atoms with E-state index in [4.69, 9.17) is 5.73 Å². The van der Waals surface area contributed by atoms with Gasteiger partial charge in [0.25, 0.3) is 0 Å². The van der Waals surface area contributed by atoms with Crippen LogP contribution in [0.5, 0.6) is 0 Å². The van der Waals surface area contributed by atoms with Crippen LogP contribution in [0.4, 0.5) is 0 Å². The minimum absolute atomic E-state index is 0.304. The van der Waals surface area contributed by atoms with Crippen molar-refractivity contribution in [2.45, 2.75) is 32.9 Å². The second-order valence-electron chi connectivity index (χ2n) is 4.13. The molecule has 0 saturated heterocycles. The number of hydrogen-bond acceptors (Lipinski definition) is 4. The summed E-state index contributed by atoms with van der Waals surface area (Å²) in [6.45, 7) is 4.97. The molecule has 0 amide bonds. The summed E-state index contributed by atoms with van der Waals surface area (Å²) >= 11 is 0. The molecule has 0 bridgehead atoms. The Hall–Kier alpha value is -1.75. The Morgan fingerprint density at radius 2 is 2.00 bits per heavy atom. The van der Waals surface area contributed by atoms with E-state index in [-0.39, 0.29) is 6.04 Å². The van der Waals surface area contributed by atoms with Crippen LogP contribution in [-0.2, 0) is 6.54 Å². The molecule has 17 heavy (non-hydrogen) atoms. The molecule has 1 atom stereocenters. The summed E-state index contributed by atoms with van der Waals surface area (Å²) in [5.41, 5.74) is 8.07. The zero-order valence-corrected chi connectivity index (χ0v) is 10.2. The fourth-order valence-electron chi connectivity index (χ4n) is 1.60. The highest BCUT2D eigenvalue weighted by atomic mass is 15.3. The first kappa shape index (κ1) is 11.7. The number of aryl methyl sites for hydroxylation is 2. The van der Waals surface area contributed by atoms with Gasteiger partial charge in [-0.1, -0.05) is 6.92 Å². The third-order valence-electron chi connectivity index (χ3n) is 2.54. The van der Waals surface area contributed by atoms with Gasteiger partial charge in [0.1, 0.15) is 5.82 Å². The lowest BCUT2D eigenvalue weighted by Crippen LogP contribution is -2.14. The maximum atomic E-state index is 6.10. The highest BCUT2D eigenvalue weighted by Crippen LogP contribution is 2.15. The molecule has 90 valence electrons. The maximum absolute atomic E-state index is 6.10. The van der Waals surface area contributed by atoms with Crippen molar-refractivity contribution in [3.05, 3.63) is 41.7 Å². The molecule has 0 saturated carbocycles. The van der Waals surface area contributed by atoms with Gasteiger partial charge in [0.15, 0.2) is 0 Å². The third kappa shape index (κ3) is 2.68. The van der Waals surface area contributed by atoms with Gasteiger partial charge in [-0.2, -0.15) is 5.10 Å². The fourth-order valence-corrected chi connectivity index (χ4v) is 1.60. The normalized spacial score (nSPS) is 12.6. The Balaban J connectivity index is 2.18. The number of hydrogen-bond donors (Lipinski definition) is 1. The Kier molecular flexibility index (Phi) is 3.49. The van der Waals surface area contributed by atoms with Gasteiger partial charge in [0.2, 0.25) is 0 Å². The molecule has 0 aromatic carbocycles. The number of rotatable bonds is 4. The molecule has 2 aromatic heterocycles. The van der Waals surface area contributed by atoms with Gasteiger partial charge in [0.05, 0.1) is 12.2 Å². The Morgan fingerprint density at radius 3 is 2.65 bits per heavy atom. The maximum Gasteiger partial charge on any atom is 0.149 e. The van der Waals surface area contributed by atoms with Crippen molar-refractivity contribution in [1.82, 2.24) is 19.7 Å². The van der Waals surface area contributed by atoms with Crippen LogP contribution >= 0.6 is 0 Å². The van der Waals surface area contributed by atoms with Gasteiger partial charge in [0, 0.05) is 30.7 Å². The van der Waals surface area contributed by atoms with Crippen LogP contribution in [0.3, 0.4) is 0 Å². The fraction of sp³-hybridized carbons (Fsp3) is 0.417. The molecule has 2 heterocycles. The van der Waals surface area contributed by atoms with E-state index in [1.54, 1.807) is 18.6 Å². The Labute approximate surface area is 101 Å². The van der Waals surface area contributed by atoms with Crippen molar-refractivity contribution in [1.29, 1.82) is 0 Å². The SMILES string of the molecule is CCCn1cc(C(N)c2ncc(C)cn2)cn1. The van der Waals surface area contributed by atoms with Crippen LogP contribution in [-0.4, -0.2) is 19.7 Å². The first-order valence-corrected chi connectivity index (χ1v) is 5.77. The van der Waals surface area contributed by atoms with Crippen molar-refractivity contribution in [2.75, 3.05) is 0 Å². The van der Waals surface area contributed by atoms with Crippen LogP contribution in [0, 0.1) is 6.92 Å². The molecule has 1 unspecified atom stereocenters. The van der Waals surface area contributed by atoms with Crippen LogP contribution in [0.2, 0.25) is 0 Å². The quantitative estimate of drug-likeness (QED) is 0.864. The summed E-state index contributed by atoms with van der Waals surface area (Å²) in [4.78, 5) is 8.47. The van der Waals surface area contributed by atoms with Gasteiger partial charge in [-0.3, -0.25) is 4.68 Å². The molecule has 2 aromatic rings. The molecular formula is C12H17N5. The minimum Gasteiger partial charge on any atom is -0.318 e. The first-order chi connectivity index (χ1) is 8.20. The molecule has 0 fully saturated rings. The van der Waals surface area contributed by atoms with Crippen LogP contribution in [0.15, 0.2) is 24.8 Å². The summed E-state index contributed by atoms with van der Waals surface area (Å²) in [5.74, 6) is 0.631. The van der Waals surface area contributed by atoms with E-state index in [1.165, 1.54) is 0 Å². The summed E-state index contributed by atoms with van der Waals surface area (Å²) in [6.07, 6.45) is 8.34. The topological polar surface area (TPSA) is 69.6 Å². The zero-order valence-electron chi connectivity index (χ0n) is 10.2. The van der Waals surface area contributed by atoms with Crippen molar-refractivity contribution < 1.29 is 0 Å². The third-order valence-corrected chi connectivity index (χ3v) is 2.54. The molecule has 5 heteroatoms. The molecule has 0 radical (unpaired) electrons. The summed E-state index contributed by atoms with van der Waals surface area (Å²) in [7, 11) is 0. The Morgan fingerprint density at radius 1 is 1.29 bits per heavy atom. The number of nitrogens with zero attached hydrogens (tertiary/aromatic N) is 4. The number of aromatic nitrogens is 4. The van der Waals surface area contributed by atoms with Gasteiger partial charge in [-0.25, -0.2) is 9.97 Å². The molecular weight excluding hydrogens is 214 g/mol. The van der Waals surface area contributed by atoms with Crippen LogP contribution < -0.4 is 5.73 Å². The standard InChI is InChI=1S/C12H17N5/c1-3-4-17-8-10(7-16-17)11(13)12-14-5-9(2)6-15-12/h5-8,11H,3-4,13H2,1-2H3. The van der Waals surface area contributed by atoms with E-state index >= 15 is 0 Å². The van der Waals surface area contributed by atoms with E-state index in [0.29, 0.717) is 5.82 Å². The molecule has 0 aliphatic carbocycles. The Bertz CT molecular complexity index is 474. The largest absolute Gasteiger partial charge is 0.318 e. The molecule has 0 aliphatic heterocycles. The second-order valence-corrected chi connectivity index (χ2v) is 4.13. The summed E-state index contributed by atoms with van der Waals surface area (Å²) < 4.78 is 1.89. The average Bonchev–Trinajstić information content (AvgIpc) is 2.78. The highest BCUT2D eigenvalue weighted by molar-refractivity contribution is 5.19. The lowest BCUT2D eigenvalue weighted by Gasteiger charge is -2.07. The summed E-state index contributed by atoms with van der Waals surface area (Å²) in [6, 6.07) is -0.304. The lowest BCUT2D eigenvalue weighted by atomic mass is 10.1. The van der Waals surface area contributed by atoms with E-state index in [2.05, 4.69) is 22.0 Å². The molecule has 0 spiro atoms. The van der Waals surface area contributed by atoms with Crippen molar-refractivity contribution in [3.8, 4) is 0 Å². The van der Waals surface area contributed by atoms with E-state index in [0.717, 1.165) is 24.1 Å². The van der Waals surface area contributed by atoms with Gasteiger partial charge < -0.3 is 5.73 Å². The van der Waals surface area contributed by atoms with Gasteiger partial charge >= 0.3 is 0 Å². The van der Waals surface area contributed by atoms with E-state index < -0.39 is 0 Å². The monoisotopic (exact) mass is 231 g/mol. The molecule has 2 rings (SSSR count). The summed E-state index contributed by atoms with van der Waals surface area (Å²) in [5, 5.41) is 4.25. The predicted octanol–water partition coefficient (Wildman–Crippen LogP) is 1.44. The minimum atomic E-state index is -0.304. The van der Waals surface area contributed by atoms with Crippen LogP contribution in [0.1, 0.15) is 36.3 Å². The van der Waals surface area contributed by atoms with Crippen LogP contribution in [0.25, 0.3) is 0 Å². The average molecular weight is 231 g/mol. The van der Waals surface area contributed by atoms with Crippen molar-refractivity contribution in [3.63, 3.8) is 0 Å². The van der Waals surface area contributed by atoms with E-state index in [9.17, 15) is 0 Å². The molecule has 2 N–H and O–H groups in total. The number of nitrogens with two attached hydrogens (primary N) is 1. The predicted molar refractivity (Wildman–Crippen MR) is 65.3 cm³/mol. The van der Waals surface area contributed by atoms with Crippen molar-refractivity contribution in [2.24, 2.45) is 5.73 Å². The first-order valence-electron chi connectivity index (χ1n) is 5.77. The zero-order chi connectivity index (χ0) is 12.3. The lowest BCUT2D eigenvalue weighted by molar-refractivity contribution is 0.601. The second kappa shape index (κ2) is 5.05.